The molecule has 0 aliphatic heterocycles. The fourth-order valence-corrected chi connectivity index (χ4v) is 3.33. The maximum absolute atomic E-state index is 12.1. The molecule has 0 aromatic carbocycles. The van der Waals surface area contributed by atoms with Gasteiger partial charge in [-0.05, 0) is 43.1 Å². The molecular formula is C13H19NO3S. The molecule has 4 atom stereocenters. The van der Waals surface area contributed by atoms with Crippen LogP contribution in [-0.2, 0) is 9.59 Å². The normalized spacial score (nSPS) is 30.4. The van der Waals surface area contributed by atoms with Gasteiger partial charge in [0.25, 0.3) is 0 Å². The zero-order chi connectivity index (χ0) is 13.1. The second kappa shape index (κ2) is 5.78. The number of hydrogen-bond donors (Lipinski definition) is 2. The molecule has 5 heteroatoms. The molecule has 4 unspecified atom stereocenters. The van der Waals surface area contributed by atoms with E-state index in [0.29, 0.717) is 18.3 Å². The molecule has 1 saturated carbocycles. The van der Waals surface area contributed by atoms with Gasteiger partial charge < -0.3 is 10.4 Å². The zero-order valence-corrected chi connectivity index (χ0v) is 11.3. The molecule has 2 aliphatic rings. The van der Waals surface area contributed by atoms with E-state index in [0.717, 1.165) is 18.6 Å². The van der Waals surface area contributed by atoms with E-state index in [1.807, 2.05) is 6.26 Å². The van der Waals surface area contributed by atoms with Gasteiger partial charge in [0.15, 0.2) is 0 Å². The molecule has 0 aromatic rings. The van der Waals surface area contributed by atoms with Crippen LogP contribution in [-0.4, -0.2) is 35.0 Å². The third-order valence-corrected chi connectivity index (χ3v) is 4.48. The van der Waals surface area contributed by atoms with E-state index in [2.05, 4.69) is 17.5 Å². The standard InChI is InChI=1S/C13H19NO3S/c1-18-5-4-11(13(16)17)14-12(15)10-7-8-2-3-9(10)6-8/h2-3,8-11H,4-7H2,1H3,(H,14,15)(H,16,17). The maximum Gasteiger partial charge on any atom is 0.326 e. The molecular weight excluding hydrogens is 250 g/mol. The highest BCUT2D eigenvalue weighted by Crippen LogP contribution is 2.43. The highest BCUT2D eigenvalue weighted by molar-refractivity contribution is 7.98. The highest BCUT2D eigenvalue weighted by atomic mass is 32.2. The summed E-state index contributed by atoms with van der Waals surface area (Å²) in [6, 6.07) is -0.743. The van der Waals surface area contributed by atoms with E-state index < -0.39 is 12.0 Å². The molecule has 100 valence electrons. The molecule has 1 amide bonds. The minimum atomic E-state index is -0.934. The Labute approximate surface area is 111 Å². The number of aliphatic carboxylic acids is 1. The third kappa shape index (κ3) is 2.88. The molecule has 2 aliphatic carbocycles. The van der Waals surface area contributed by atoms with Crippen LogP contribution in [0.2, 0.25) is 0 Å². The van der Waals surface area contributed by atoms with Crippen molar-refractivity contribution in [1.82, 2.24) is 5.32 Å². The van der Waals surface area contributed by atoms with Gasteiger partial charge in [-0.3, -0.25) is 4.79 Å². The monoisotopic (exact) mass is 269 g/mol. The van der Waals surface area contributed by atoms with Gasteiger partial charge in [-0.15, -0.1) is 0 Å². The fraction of sp³-hybridized carbons (Fsp3) is 0.692. The number of amides is 1. The lowest BCUT2D eigenvalue weighted by Gasteiger charge is -2.21. The predicted octanol–water partition coefficient (Wildman–Crippen LogP) is 1.52. The Balaban J connectivity index is 1.89. The van der Waals surface area contributed by atoms with Crippen LogP contribution in [0.5, 0.6) is 0 Å². The molecule has 0 aromatic heterocycles. The van der Waals surface area contributed by atoms with Crippen LogP contribution in [0.15, 0.2) is 12.2 Å². The molecule has 2 bridgehead atoms. The lowest BCUT2D eigenvalue weighted by Crippen LogP contribution is -2.44. The van der Waals surface area contributed by atoms with Crippen molar-refractivity contribution in [3.05, 3.63) is 12.2 Å². The smallest absolute Gasteiger partial charge is 0.326 e. The van der Waals surface area contributed by atoms with E-state index in [1.165, 1.54) is 0 Å². The van der Waals surface area contributed by atoms with Crippen LogP contribution < -0.4 is 5.32 Å². The van der Waals surface area contributed by atoms with Gasteiger partial charge in [0.2, 0.25) is 5.91 Å². The van der Waals surface area contributed by atoms with Crippen molar-refractivity contribution in [2.75, 3.05) is 12.0 Å². The minimum Gasteiger partial charge on any atom is -0.480 e. The van der Waals surface area contributed by atoms with Crippen molar-refractivity contribution < 1.29 is 14.7 Å². The largest absolute Gasteiger partial charge is 0.480 e. The summed E-state index contributed by atoms with van der Waals surface area (Å²) in [4.78, 5) is 23.2. The Kier molecular flexibility index (Phi) is 4.32. The molecule has 0 spiro atoms. The number of carboxylic acid groups (broad SMARTS) is 1. The summed E-state index contributed by atoms with van der Waals surface area (Å²) in [5.41, 5.74) is 0. The summed E-state index contributed by atoms with van der Waals surface area (Å²) in [6.45, 7) is 0. The van der Waals surface area contributed by atoms with Crippen molar-refractivity contribution in [2.24, 2.45) is 17.8 Å². The van der Waals surface area contributed by atoms with Gasteiger partial charge in [0.1, 0.15) is 6.04 Å². The zero-order valence-electron chi connectivity index (χ0n) is 10.5. The van der Waals surface area contributed by atoms with E-state index in [-0.39, 0.29) is 11.8 Å². The molecule has 0 saturated heterocycles. The van der Waals surface area contributed by atoms with E-state index in [9.17, 15) is 9.59 Å². The molecule has 0 heterocycles. The van der Waals surface area contributed by atoms with E-state index in [1.54, 1.807) is 11.8 Å². The van der Waals surface area contributed by atoms with Crippen molar-refractivity contribution in [3.63, 3.8) is 0 Å². The average Bonchev–Trinajstić information content (AvgIpc) is 2.95. The quantitative estimate of drug-likeness (QED) is 0.718. The predicted molar refractivity (Wildman–Crippen MR) is 71.4 cm³/mol. The van der Waals surface area contributed by atoms with Gasteiger partial charge in [-0.1, -0.05) is 12.2 Å². The lowest BCUT2D eigenvalue weighted by atomic mass is 9.92. The van der Waals surface area contributed by atoms with Gasteiger partial charge in [0, 0.05) is 5.92 Å². The molecule has 4 nitrogen and oxygen atoms in total. The Morgan fingerprint density at radius 3 is 2.72 bits per heavy atom. The summed E-state index contributed by atoms with van der Waals surface area (Å²) in [6.07, 6.45) is 8.63. The number of carbonyl (C=O) groups is 2. The maximum atomic E-state index is 12.1. The van der Waals surface area contributed by atoms with Crippen LogP contribution in [0.4, 0.5) is 0 Å². The number of hydrogen-bond acceptors (Lipinski definition) is 3. The first-order valence-electron chi connectivity index (χ1n) is 6.32. The number of fused-ring (bicyclic) bond motifs is 2. The first-order valence-corrected chi connectivity index (χ1v) is 7.71. The second-order valence-corrected chi connectivity index (χ2v) is 6.05. The van der Waals surface area contributed by atoms with Crippen molar-refractivity contribution in [1.29, 1.82) is 0 Å². The van der Waals surface area contributed by atoms with Gasteiger partial charge in [-0.25, -0.2) is 4.79 Å². The van der Waals surface area contributed by atoms with Crippen molar-refractivity contribution >= 4 is 23.6 Å². The summed E-state index contributed by atoms with van der Waals surface area (Å²) in [5.74, 6) is 0.561. The van der Waals surface area contributed by atoms with Gasteiger partial charge in [-0.2, -0.15) is 11.8 Å². The van der Waals surface area contributed by atoms with Crippen LogP contribution >= 0.6 is 11.8 Å². The van der Waals surface area contributed by atoms with Gasteiger partial charge in [0.05, 0.1) is 0 Å². The number of allylic oxidation sites excluding steroid dienone is 2. The molecule has 18 heavy (non-hydrogen) atoms. The van der Waals surface area contributed by atoms with Crippen molar-refractivity contribution in [3.8, 4) is 0 Å². The lowest BCUT2D eigenvalue weighted by molar-refractivity contribution is -0.142. The minimum absolute atomic E-state index is 0.0175. The highest BCUT2D eigenvalue weighted by Gasteiger charge is 2.40. The fourth-order valence-electron chi connectivity index (χ4n) is 2.85. The molecule has 1 fully saturated rings. The van der Waals surface area contributed by atoms with Crippen molar-refractivity contribution in [2.45, 2.75) is 25.3 Å². The Hall–Kier alpha value is -0.970. The summed E-state index contributed by atoms with van der Waals surface area (Å²) >= 11 is 1.59. The molecule has 0 radical (unpaired) electrons. The SMILES string of the molecule is CSCCC(NC(=O)C1CC2C=CC1C2)C(=O)O. The topological polar surface area (TPSA) is 66.4 Å². The van der Waals surface area contributed by atoms with Gasteiger partial charge >= 0.3 is 5.97 Å². The van der Waals surface area contributed by atoms with Crippen LogP contribution in [0.1, 0.15) is 19.3 Å². The molecule has 2 N–H and O–H groups in total. The summed E-state index contributed by atoms with van der Waals surface area (Å²) < 4.78 is 0. The van der Waals surface area contributed by atoms with Crippen LogP contribution in [0.3, 0.4) is 0 Å². The number of rotatable bonds is 6. The summed E-state index contributed by atoms with van der Waals surface area (Å²) in [7, 11) is 0. The molecule has 2 rings (SSSR count). The van der Waals surface area contributed by atoms with E-state index >= 15 is 0 Å². The summed E-state index contributed by atoms with van der Waals surface area (Å²) in [5, 5.41) is 11.8. The Bertz CT molecular complexity index is 369. The number of carboxylic acids is 1. The first-order chi connectivity index (χ1) is 8.61. The van der Waals surface area contributed by atoms with Crippen LogP contribution in [0, 0.1) is 17.8 Å². The Morgan fingerprint density at radius 2 is 2.22 bits per heavy atom. The number of nitrogens with one attached hydrogen (secondary N) is 1. The number of carbonyl (C=O) groups excluding carboxylic acids is 1. The van der Waals surface area contributed by atoms with Crippen LogP contribution in [0.25, 0.3) is 0 Å². The number of thioether (sulfide) groups is 1. The first kappa shape index (κ1) is 13.5. The second-order valence-electron chi connectivity index (χ2n) is 5.07. The Morgan fingerprint density at radius 1 is 1.44 bits per heavy atom. The van der Waals surface area contributed by atoms with E-state index in [4.69, 9.17) is 5.11 Å². The third-order valence-electron chi connectivity index (χ3n) is 3.84. The average molecular weight is 269 g/mol.